The predicted molar refractivity (Wildman–Crippen MR) is 71.6 cm³/mol. The maximum absolute atomic E-state index is 11.0. The van der Waals surface area contributed by atoms with E-state index in [0.717, 1.165) is 6.07 Å². The SMILES string of the molecule is CCOc1cc(NC(CC(=O)O)C(=O)O)ccc1[N+](=O)[O-]. The lowest BCUT2D eigenvalue weighted by Gasteiger charge is -2.14. The zero-order chi connectivity index (χ0) is 16.0. The molecule has 0 heterocycles. The van der Waals surface area contributed by atoms with Gasteiger partial charge in [0.2, 0.25) is 0 Å². The average molecular weight is 298 g/mol. The van der Waals surface area contributed by atoms with Crippen molar-refractivity contribution in [2.45, 2.75) is 19.4 Å². The van der Waals surface area contributed by atoms with E-state index in [1.54, 1.807) is 6.92 Å². The molecule has 114 valence electrons. The number of carboxylic acids is 2. The Hall–Kier alpha value is -2.84. The molecule has 9 heteroatoms. The molecule has 1 aromatic carbocycles. The quantitative estimate of drug-likeness (QED) is 0.482. The third kappa shape index (κ3) is 4.64. The van der Waals surface area contributed by atoms with Gasteiger partial charge in [-0.05, 0) is 13.0 Å². The summed E-state index contributed by atoms with van der Waals surface area (Å²) < 4.78 is 5.12. The molecule has 0 aliphatic carbocycles. The number of nitrogens with one attached hydrogen (secondary N) is 1. The van der Waals surface area contributed by atoms with E-state index in [1.165, 1.54) is 12.1 Å². The molecule has 1 unspecified atom stereocenters. The Morgan fingerprint density at radius 1 is 1.43 bits per heavy atom. The Balaban J connectivity index is 3.02. The number of rotatable bonds is 8. The number of benzene rings is 1. The van der Waals surface area contributed by atoms with Crippen LogP contribution in [0.1, 0.15) is 13.3 Å². The first-order valence-corrected chi connectivity index (χ1v) is 5.97. The van der Waals surface area contributed by atoms with Crippen LogP contribution in [-0.4, -0.2) is 39.7 Å². The van der Waals surface area contributed by atoms with Crippen LogP contribution in [0.15, 0.2) is 18.2 Å². The number of carbonyl (C=O) groups is 2. The third-order valence-electron chi connectivity index (χ3n) is 2.47. The van der Waals surface area contributed by atoms with Crippen LogP contribution >= 0.6 is 0 Å². The van der Waals surface area contributed by atoms with Crippen LogP contribution in [0.25, 0.3) is 0 Å². The fraction of sp³-hybridized carbons (Fsp3) is 0.333. The Labute approximate surface area is 119 Å². The van der Waals surface area contributed by atoms with Gasteiger partial charge >= 0.3 is 17.6 Å². The number of nitro groups is 1. The van der Waals surface area contributed by atoms with Gasteiger partial charge in [-0.25, -0.2) is 4.79 Å². The summed E-state index contributed by atoms with van der Waals surface area (Å²) in [5, 5.41) is 30.9. The van der Waals surface area contributed by atoms with Gasteiger partial charge in [-0.2, -0.15) is 0 Å². The number of hydrogen-bond acceptors (Lipinski definition) is 6. The van der Waals surface area contributed by atoms with Crippen LogP contribution in [0.3, 0.4) is 0 Å². The molecule has 0 bridgehead atoms. The van der Waals surface area contributed by atoms with Crippen LogP contribution < -0.4 is 10.1 Å². The minimum Gasteiger partial charge on any atom is -0.487 e. The second-order valence-electron chi connectivity index (χ2n) is 4.01. The summed E-state index contributed by atoms with van der Waals surface area (Å²) in [5.41, 5.74) is -0.0368. The van der Waals surface area contributed by atoms with Gasteiger partial charge in [-0.1, -0.05) is 0 Å². The maximum atomic E-state index is 11.0. The fourth-order valence-corrected chi connectivity index (χ4v) is 1.60. The smallest absolute Gasteiger partial charge is 0.326 e. The molecule has 0 radical (unpaired) electrons. The number of nitrogens with zero attached hydrogens (tertiary/aromatic N) is 1. The maximum Gasteiger partial charge on any atom is 0.326 e. The summed E-state index contributed by atoms with van der Waals surface area (Å²) in [4.78, 5) is 31.8. The zero-order valence-electron chi connectivity index (χ0n) is 11.1. The predicted octanol–water partition coefficient (Wildman–Crippen LogP) is 1.33. The molecule has 1 aromatic rings. The van der Waals surface area contributed by atoms with E-state index in [0.29, 0.717) is 0 Å². The molecule has 0 aromatic heterocycles. The zero-order valence-corrected chi connectivity index (χ0v) is 11.1. The molecule has 0 saturated carbocycles. The van der Waals surface area contributed by atoms with Gasteiger partial charge in [0, 0.05) is 17.8 Å². The monoisotopic (exact) mass is 298 g/mol. The van der Waals surface area contributed by atoms with Crippen molar-refractivity contribution in [1.82, 2.24) is 0 Å². The lowest BCUT2D eigenvalue weighted by molar-refractivity contribution is -0.385. The van der Waals surface area contributed by atoms with Crippen molar-refractivity contribution in [3.8, 4) is 5.75 Å². The van der Waals surface area contributed by atoms with E-state index in [2.05, 4.69) is 5.32 Å². The first-order valence-electron chi connectivity index (χ1n) is 5.97. The van der Waals surface area contributed by atoms with Gasteiger partial charge in [-0.15, -0.1) is 0 Å². The highest BCUT2D eigenvalue weighted by atomic mass is 16.6. The molecule has 0 spiro atoms. The number of carboxylic acid groups (broad SMARTS) is 2. The molecule has 0 fully saturated rings. The van der Waals surface area contributed by atoms with Gasteiger partial charge in [0.15, 0.2) is 5.75 Å². The summed E-state index contributed by atoms with van der Waals surface area (Å²) in [5.74, 6) is -2.64. The lowest BCUT2D eigenvalue weighted by atomic mass is 10.2. The van der Waals surface area contributed by atoms with Crippen LogP contribution in [0.4, 0.5) is 11.4 Å². The van der Waals surface area contributed by atoms with E-state index >= 15 is 0 Å². The Kier molecular flexibility index (Phi) is 5.47. The lowest BCUT2D eigenvalue weighted by Crippen LogP contribution is -2.31. The number of aliphatic carboxylic acids is 2. The molecule has 0 aliphatic heterocycles. The summed E-state index contributed by atoms with van der Waals surface area (Å²) in [6.07, 6.45) is -0.629. The number of anilines is 1. The van der Waals surface area contributed by atoms with Crippen LogP contribution in [0, 0.1) is 10.1 Å². The normalized spacial score (nSPS) is 11.5. The van der Waals surface area contributed by atoms with Crippen molar-refractivity contribution in [2.24, 2.45) is 0 Å². The van der Waals surface area contributed by atoms with Crippen molar-refractivity contribution in [3.05, 3.63) is 28.3 Å². The molecule has 1 atom stereocenters. The third-order valence-corrected chi connectivity index (χ3v) is 2.47. The molecule has 1 rings (SSSR count). The van der Waals surface area contributed by atoms with E-state index in [1.807, 2.05) is 0 Å². The summed E-state index contributed by atoms with van der Waals surface area (Å²) in [6, 6.07) is 2.36. The topological polar surface area (TPSA) is 139 Å². The molecule has 3 N–H and O–H groups in total. The Morgan fingerprint density at radius 3 is 2.57 bits per heavy atom. The molecule has 9 nitrogen and oxygen atoms in total. The summed E-state index contributed by atoms with van der Waals surface area (Å²) in [7, 11) is 0. The first-order chi connectivity index (χ1) is 9.85. The minimum absolute atomic E-state index is 0.0213. The largest absolute Gasteiger partial charge is 0.487 e. The summed E-state index contributed by atoms with van der Waals surface area (Å²) >= 11 is 0. The molecular weight excluding hydrogens is 284 g/mol. The van der Waals surface area contributed by atoms with Crippen molar-refractivity contribution >= 4 is 23.3 Å². The molecule has 0 saturated heterocycles. The highest BCUT2D eigenvalue weighted by molar-refractivity contribution is 5.83. The molecule has 0 amide bonds. The van der Waals surface area contributed by atoms with Crippen LogP contribution in [0.2, 0.25) is 0 Å². The van der Waals surface area contributed by atoms with Gasteiger partial charge in [0.1, 0.15) is 6.04 Å². The highest BCUT2D eigenvalue weighted by Gasteiger charge is 2.22. The summed E-state index contributed by atoms with van der Waals surface area (Å²) in [6.45, 7) is 1.84. The van der Waals surface area contributed by atoms with E-state index in [9.17, 15) is 19.7 Å². The van der Waals surface area contributed by atoms with E-state index in [4.69, 9.17) is 14.9 Å². The van der Waals surface area contributed by atoms with Crippen LogP contribution in [-0.2, 0) is 9.59 Å². The average Bonchev–Trinajstić information content (AvgIpc) is 2.37. The van der Waals surface area contributed by atoms with E-state index < -0.39 is 29.3 Å². The second-order valence-corrected chi connectivity index (χ2v) is 4.01. The van der Waals surface area contributed by atoms with Crippen LogP contribution in [0.5, 0.6) is 5.75 Å². The Morgan fingerprint density at radius 2 is 2.10 bits per heavy atom. The Bertz CT molecular complexity index is 559. The number of nitro benzene ring substituents is 1. The van der Waals surface area contributed by atoms with Gasteiger partial charge in [0.25, 0.3) is 0 Å². The molecular formula is C12H14N2O7. The number of ether oxygens (including phenoxy) is 1. The standard InChI is InChI=1S/C12H14N2O7/c1-2-21-10-5-7(3-4-9(10)14(19)20)13-8(12(17)18)6-11(15)16/h3-5,8,13H,2,6H2,1H3,(H,15,16)(H,17,18). The van der Waals surface area contributed by atoms with Gasteiger partial charge in [0.05, 0.1) is 18.0 Å². The van der Waals surface area contributed by atoms with Gasteiger partial charge in [-0.3, -0.25) is 14.9 Å². The van der Waals surface area contributed by atoms with Crippen molar-refractivity contribution in [3.63, 3.8) is 0 Å². The van der Waals surface area contributed by atoms with Gasteiger partial charge < -0.3 is 20.3 Å². The van der Waals surface area contributed by atoms with Crippen molar-refractivity contribution < 1.29 is 29.5 Å². The highest BCUT2D eigenvalue weighted by Crippen LogP contribution is 2.30. The second kappa shape index (κ2) is 7.08. The van der Waals surface area contributed by atoms with E-state index in [-0.39, 0.29) is 23.7 Å². The number of hydrogen-bond donors (Lipinski definition) is 3. The van der Waals surface area contributed by atoms with Crippen molar-refractivity contribution in [1.29, 1.82) is 0 Å². The fourth-order valence-electron chi connectivity index (χ4n) is 1.60. The first kappa shape index (κ1) is 16.2. The molecule has 21 heavy (non-hydrogen) atoms. The minimum atomic E-state index is -1.35. The van der Waals surface area contributed by atoms with Crippen molar-refractivity contribution in [2.75, 3.05) is 11.9 Å². The molecule has 0 aliphatic rings.